The Balaban J connectivity index is 1.83. The molecule has 2 aromatic heterocycles. The van der Waals surface area contributed by atoms with Crippen LogP contribution in [-0.2, 0) is 0 Å². The molecule has 0 saturated heterocycles. The van der Waals surface area contributed by atoms with Crippen molar-refractivity contribution in [2.45, 2.75) is 0 Å². The first-order valence-electron chi connectivity index (χ1n) is 9.40. The van der Waals surface area contributed by atoms with E-state index in [-0.39, 0.29) is 5.56 Å². The van der Waals surface area contributed by atoms with Crippen LogP contribution in [0.1, 0.15) is 0 Å². The maximum absolute atomic E-state index is 13.8. The first kappa shape index (κ1) is 19.4. The molecule has 3 N–H and O–H groups in total. The molecule has 0 spiro atoms. The third-order valence-corrected chi connectivity index (χ3v) is 5.47. The second-order valence-corrected chi connectivity index (χ2v) is 7.85. The number of nitrogens with two attached hydrogens (primary N) is 1. The molecule has 0 aliphatic heterocycles. The Morgan fingerprint density at radius 1 is 0.806 bits per heavy atom. The zero-order chi connectivity index (χ0) is 21.5. The molecule has 0 bridgehead atoms. The standard InChI is InChI=1S/C23H15Cl2N5O/c24-15-5-1-14(2-6-15)22-27-21-19(20(28-29-21)13-3-9-17(26)10-4-13)23(31)30(22)18-11-7-16(25)8-12-18/h1-12H,26H2,(H,28,29). The summed E-state index contributed by atoms with van der Waals surface area (Å²) >= 11 is 12.1. The highest BCUT2D eigenvalue weighted by atomic mass is 35.5. The second-order valence-electron chi connectivity index (χ2n) is 6.98. The molecule has 0 saturated carbocycles. The van der Waals surface area contributed by atoms with E-state index in [0.717, 1.165) is 11.1 Å². The summed E-state index contributed by atoms with van der Waals surface area (Å²) in [6, 6.07) is 21.3. The van der Waals surface area contributed by atoms with Crippen LogP contribution in [0.15, 0.2) is 77.6 Å². The van der Waals surface area contributed by atoms with Crippen molar-refractivity contribution in [2.24, 2.45) is 0 Å². The molecule has 3 aromatic carbocycles. The van der Waals surface area contributed by atoms with Gasteiger partial charge in [0.2, 0.25) is 0 Å². The van der Waals surface area contributed by atoms with Crippen LogP contribution < -0.4 is 11.3 Å². The zero-order valence-corrected chi connectivity index (χ0v) is 17.5. The minimum absolute atomic E-state index is 0.252. The van der Waals surface area contributed by atoms with Crippen molar-refractivity contribution in [3.8, 4) is 28.3 Å². The van der Waals surface area contributed by atoms with Gasteiger partial charge in [0.15, 0.2) is 5.65 Å². The minimum Gasteiger partial charge on any atom is -0.399 e. The summed E-state index contributed by atoms with van der Waals surface area (Å²) in [4.78, 5) is 18.5. The number of nitrogen functional groups attached to an aromatic ring is 1. The molecule has 0 atom stereocenters. The molecule has 8 heteroatoms. The molecular weight excluding hydrogens is 433 g/mol. The van der Waals surface area contributed by atoms with Crippen molar-refractivity contribution in [1.29, 1.82) is 0 Å². The van der Waals surface area contributed by atoms with E-state index in [0.29, 0.717) is 44.0 Å². The van der Waals surface area contributed by atoms with Gasteiger partial charge < -0.3 is 5.73 Å². The van der Waals surface area contributed by atoms with Gasteiger partial charge in [0.25, 0.3) is 5.56 Å². The number of fused-ring (bicyclic) bond motifs is 1. The Morgan fingerprint density at radius 3 is 2.03 bits per heavy atom. The largest absolute Gasteiger partial charge is 0.399 e. The minimum atomic E-state index is -0.252. The van der Waals surface area contributed by atoms with Crippen molar-refractivity contribution in [3.63, 3.8) is 0 Å². The Hall–Kier alpha value is -3.61. The molecule has 2 heterocycles. The lowest BCUT2D eigenvalue weighted by Gasteiger charge is -2.13. The van der Waals surface area contributed by atoms with E-state index in [1.54, 1.807) is 53.1 Å². The SMILES string of the molecule is Nc1ccc(-c2n[nH]c3nc(-c4ccc(Cl)cc4)n(-c4ccc(Cl)cc4)c(=O)c23)cc1. The smallest absolute Gasteiger partial charge is 0.270 e. The highest BCUT2D eigenvalue weighted by Crippen LogP contribution is 2.28. The van der Waals surface area contributed by atoms with E-state index < -0.39 is 0 Å². The summed E-state index contributed by atoms with van der Waals surface area (Å²) in [5.41, 5.74) is 9.23. The number of nitrogens with one attached hydrogen (secondary N) is 1. The summed E-state index contributed by atoms with van der Waals surface area (Å²) in [6.07, 6.45) is 0. The van der Waals surface area contributed by atoms with Crippen molar-refractivity contribution >= 4 is 39.9 Å². The zero-order valence-electron chi connectivity index (χ0n) is 16.0. The fourth-order valence-corrected chi connectivity index (χ4v) is 3.70. The van der Waals surface area contributed by atoms with E-state index in [9.17, 15) is 4.79 Å². The molecule has 152 valence electrons. The van der Waals surface area contributed by atoms with Gasteiger partial charge in [-0.05, 0) is 60.7 Å². The lowest BCUT2D eigenvalue weighted by atomic mass is 10.1. The summed E-state index contributed by atoms with van der Waals surface area (Å²) in [5, 5.41) is 8.82. The number of H-pyrrole nitrogens is 1. The van der Waals surface area contributed by atoms with Crippen molar-refractivity contribution < 1.29 is 0 Å². The molecule has 0 fully saturated rings. The lowest BCUT2D eigenvalue weighted by Crippen LogP contribution is -2.22. The Morgan fingerprint density at radius 2 is 1.39 bits per heavy atom. The highest BCUT2D eigenvalue weighted by Gasteiger charge is 2.20. The monoisotopic (exact) mass is 447 g/mol. The van der Waals surface area contributed by atoms with Crippen molar-refractivity contribution in [2.75, 3.05) is 5.73 Å². The van der Waals surface area contributed by atoms with Crippen LogP contribution in [-0.4, -0.2) is 19.7 Å². The van der Waals surface area contributed by atoms with Gasteiger partial charge >= 0.3 is 0 Å². The average Bonchev–Trinajstić information content (AvgIpc) is 3.20. The molecule has 31 heavy (non-hydrogen) atoms. The predicted molar refractivity (Wildman–Crippen MR) is 125 cm³/mol. The van der Waals surface area contributed by atoms with Gasteiger partial charge in [-0.15, -0.1) is 0 Å². The lowest BCUT2D eigenvalue weighted by molar-refractivity contribution is 0.971. The normalized spacial score (nSPS) is 11.2. The number of benzene rings is 3. The van der Waals surface area contributed by atoms with E-state index in [4.69, 9.17) is 33.9 Å². The van der Waals surface area contributed by atoms with Crippen LogP contribution in [0, 0.1) is 0 Å². The van der Waals surface area contributed by atoms with Crippen LogP contribution in [0.3, 0.4) is 0 Å². The van der Waals surface area contributed by atoms with Gasteiger partial charge in [0.1, 0.15) is 16.9 Å². The number of hydrogen-bond donors (Lipinski definition) is 2. The molecular formula is C23H15Cl2N5O. The third-order valence-electron chi connectivity index (χ3n) is 4.97. The molecule has 6 nitrogen and oxygen atoms in total. The molecule has 0 aliphatic carbocycles. The van der Waals surface area contributed by atoms with Gasteiger partial charge in [-0.3, -0.25) is 14.5 Å². The van der Waals surface area contributed by atoms with Gasteiger partial charge in [-0.2, -0.15) is 5.10 Å². The maximum atomic E-state index is 13.8. The summed E-state index contributed by atoms with van der Waals surface area (Å²) in [5.74, 6) is 0.462. The van der Waals surface area contributed by atoms with E-state index >= 15 is 0 Å². The summed E-state index contributed by atoms with van der Waals surface area (Å²) < 4.78 is 1.55. The van der Waals surface area contributed by atoms with E-state index in [1.807, 2.05) is 24.3 Å². The van der Waals surface area contributed by atoms with Gasteiger partial charge in [-0.1, -0.05) is 35.3 Å². The number of anilines is 1. The number of hydrogen-bond acceptors (Lipinski definition) is 4. The first-order chi connectivity index (χ1) is 15.0. The van der Waals surface area contributed by atoms with Gasteiger partial charge in [0.05, 0.1) is 5.69 Å². The van der Waals surface area contributed by atoms with Crippen LogP contribution >= 0.6 is 23.2 Å². The number of rotatable bonds is 3. The van der Waals surface area contributed by atoms with E-state index in [2.05, 4.69) is 10.2 Å². The first-order valence-corrected chi connectivity index (χ1v) is 10.2. The van der Waals surface area contributed by atoms with Crippen LogP contribution in [0.25, 0.3) is 39.4 Å². The van der Waals surface area contributed by atoms with E-state index in [1.165, 1.54) is 0 Å². The molecule has 0 radical (unpaired) electrons. The topological polar surface area (TPSA) is 89.6 Å². The molecule has 5 rings (SSSR count). The average molecular weight is 448 g/mol. The summed E-state index contributed by atoms with van der Waals surface area (Å²) in [6.45, 7) is 0. The fraction of sp³-hybridized carbons (Fsp3) is 0. The molecule has 0 amide bonds. The molecule has 0 aliphatic rings. The maximum Gasteiger partial charge on any atom is 0.270 e. The predicted octanol–water partition coefficient (Wildman–Crippen LogP) is 5.33. The number of halogens is 2. The van der Waals surface area contributed by atoms with Crippen LogP contribution in [0.4, 0.5) is 5.69 Å². The number of aromatic amines is 1. The number of aromatic nitrogens is 4. The molecule has 0 unspecified atom stereocenters. The second kappa shape index (κ2) is 7.58. The van der Waals surface area contributed by atoms with Crippen LogP contribution in [0.5, 0.6) is 0 Å². The Labute approximate surface area is 186 Å². The van der Waals surface area contributed by atoms with Gasteiger partial charge in [-0.25, -0.2) is 4.98 Å². The van der Waals surface area contributed by atoms with Gasteiger partial charge in [0, 0.05) is 26.9 Å². The molecule has 5 aromatic rings. The van der Waals surface area contributed by atoms with Crippen molar-refractivity contribution in [3.05, 3.63) is 93.2 Å². The van der Waals surface area contributed by atoms with Crippen molar-refractivity contribution in [1.82, 2.24) is 19.7 Å². The Kier molecular flexibility index (Phi) is 4.73. The third kappa shape index (κ3) is 3.46. The highest BCUT2D eigenvalue weighted by molar-refractivity contribution is 6.30. The fourth-order valence-electron chi connectivity index (χ4n) is 3.45. The Bertz CT molecular complexity index is 1450. The van der Waals surface area contributed by atoms with Crippen LogP contribution in [0.2, 0.25) is 10.0 Å². The number of nitrogens with zero attached hydrogens (tertiary/aromatic N) is 3. The summed E-state index contributed by atoms with van der Waals surface area (Å²) in [7, 11) is 0. The quantitative estimate of drug-likeness (QED) is 0.365.